The van der Waals surface area contributed by atoms with Crippen LogP contribution in [0.2, 0.25) is 0 Å². The maximum absolute atomic E-state index is 12.2. The summed E-state index contributed by atoms with van der Waals surface area (Å²) in [5.41, 5.74) is 0.926. The van der Waals surface area contributed by atoms with Crippen molar-refractivity contribution in [1.29, 1.82) is 0 Å². The lowest BCUT2D eigenvalue weighted by molar-refractivity contribution is 0.0715. The Morgan fingerprint density at radius 3 is 2.40 bits per heavy atom. The first-order chi connectivity index (χ1) is 9.47. The van der Waals surface area contributed by atoms with Gasteiger partial charge in [0.2, 0.25) is 0 Å². The number of benzene rings is 1. The number of nitrogens with one attached hydrogen (secondary N) is 1. The van der Waals surface area contributed by atoms with Crippen molar-refractivity contribution >= 4 is 10.2 Å². The first-order valence-corrected chi connectivity index (χ1v) is 8.34. The van der Waals surface area contributed by atoms with Crippen molar-refractivity contribution in [1.82, 2.24) is 9.19 Å². The predicted octanol–water partition coefficient (Wildman–Crippen LogP) is 1.93. The summed E-state index contributed by atoms with van der Waals surface area (Å²) < 4.78 is 25.8. The molecular formula is C14H22N2O3S. The Kier molecular flexibility index (Phi) is 5.15. The molecule has 1 aliphatic rings. The van der Waals surface area contributed by atoms with Crippen molar-refractivity contribution in [3.8, 4) is 0 Å². The van der Waals surface area contributed by atoms with Gasteiger partial charge in [-0.05, 0) is 23.8 Å². The van der Waals surface area contributed by atoms with E-state index >= 15 is 0 Å². The van der Waals surface area contributed by atoms with E-state index in [1.54, 1.807) is 0 Å². The topological polar surface area (TPSA) is 58.6 Å². The molecule has 0 aromatic heterocycles. The van der Waals surface area contributed by atoms with Crippen molar-refractivity contribution in [3.63, 3.8) is 0 Å². The number of hydrogen-bond acceptors (Lipinski definition) is 3. The molecule has 0 aliphatic carbocycles. The number of nitrogens with zero attached hydrogens (tertiary/aromatic N) is 1. The predicted molar refractivity (Wildman–Crippen MR) is 77.8 cm³/mol. The molecule has 1 aliphatic heterocycles. The highest BCUT2D eigenvalue weighted by Gasteiger charge is 2.30. The van der Waals surface area contributed by atoms with Crippen LogP contribution in [0.5, 0.6) is 0 Å². The van der Waals surface area contributed by atoms with Gasteiger partial charge in [-0.15, -0.1) is 0 Å². The first-order valence-electron chi connectivity index (χ1n) is 6.90. The fourth-order valence-electron chi connectivity index (χ4n) is 2.62. The van der Waals surface area contributed by atoms with Crippen LogP contribution >= 0.6 is 0 Å². The standard InChI is InChI=1S/C14H22N2O3S/c1-12-8-13(2)10-16(9-12)20(17,18)15-19-11-14-6-4-3-5-7-14/h3-7,12-13,15H,8-11H2,1-2H3. The van der Waals surface area contributed by atoms with Crippen LogP contribution < -0.4 is 4.89 Å². The molecule has 1 aromatic rings. The van der Waals surface area contributed by atoms with Crippen molar-refractivity contribution < 1.29 is 13.3 Å². The molecule has 0 radical (unpaired) electrons. The Bertz CT molecular complexity index is 508. The van der Waals surface area contributed by atoms with Crippen LogP contribution in [0.4, 0.5) is 0 Å². The maximum Gasteiger partial charge on any atom is 0.301 e. The van der Waals surface area contributed by atoms with Crippen LogP contribution in [-0.2, 0) is 21.7 Å². The second kappa shape index (κ2) is 6.67. The molecule has 1 heterocycles. The van der Waals surface area contributed by atoms with Gasteiger partial charge in [0.25, 0.3) is 0 Å². The van der Waals surface area contributed by atoms with Gasteiger partial charge in [-0.2, -0.15) is 12.7 Å². The van der Waals surface area contributed by atoms with Gasteiger partial charge in [-0.25, -0.2) is 0 Å². The van der Waals surface area contributed by atoms with Crippen molar-refractivity contribution in [2.45, 2.75) is 26.9 Å². The monoisotopic (exact) mass is 298 g/mol. The van der Waals surface area contributed by atoms with E-state index in [4.69, 9.17) is 4.84 Å². The molecule has 2 unspecified atom stereocenters. The third-order valence-electron chi connectivity index (χ3n) is 3.42. The van der Waals surface area contributed by atoms with Gasteiger partial charge in [0.15, 0.2) is 0 Å². The minimum Gasteiger partial charge on any atom is -0.281 e. The quantitative estimate of drug-likeness (QED) is 0.845. The van der Waals surface area contributed by atoms with E-state index in [2.05, 4.69) is 18.7 Å². The SMILES string of the molecule is CC1CC(C)CN(S(=O)(=O)NOCc2ccccc2)C1. The number of piperidine rings is 1. The molecule has 0 saturated carbocycles. The van der Waals surface area contributed by atoms with Crippen LogP contribution in [0.15, 0.2) is 30.3 Å². The van der Waals surface area contributed by atoms with Crippen molar-refractivity contribution in [2.24, 2.45) is 11.8 Å². The van der Waals surface area contributed by atoms with Gasteiger partial charge in [0.1, 0.15) is 0 Å². The lowest BCUT2D eigenvalue weighted by Crippen LogP contribution is -2.47. The van der Waals surface area contributed by atoms with E-state index in [0.29, 0.717) is 24.9 Å². The molecule has 1 saturated heterocycles. The van der Waals surface area contributed by atoms with E-state index in [1.807, 2.05) is 30.3 Å². The van der Waals surface area contributed by atoms with E-state index in [9.17, 15) is 8.42 Å². The highest BCUT2D eigenvalue weighted by Crippen LogP contribution is 2.22. The molecule has 1 fully saturated rings. The summed E-state index contributed by atoms with van der Waals surface area (Å²) in [5.74, 6) is 0.758. The van der Waals surface area contributed by atoms with E-state index in [1.165, 1.54) is 4.31 Å². The highest BCUT2D eigenvalue weighted by atomic mass is 32.2. The maximum atomic E-state index is 12.2. The molecule has 6 heteroatoms. The van der Waals surface area contributed by atoms with Gasteiger partial charge in [-0.3, -0.25) is 4.84 Å². The van der Waals surface area contributed by atoms with Gasteiger partial charge in [-0.1, -0.05) is 49.1 Å². The summed E-state index contributed by atoms with van der Waals surface area (Å²) in [4.78, 5) is 7.35. The minimum atomic E-state index is -3.56. The second-order valence-corrected chi connectivity index (χ2v) is 7.26. The zero-order valence-electron chi connectivity index (χ0n) is 12.0. The van der Waals surface area contributed by atoms with Crippen LogP contribution in [-0.4, -0.2) is 25.8 Å². The summed E-state index contributed by atoms with van der Waals surface area (Å²) in [6, 6.07) is 9.46. The molecule has 0 spiro atoms. The molecule has 2 atom stereocenters. The fourth-order valence-corrected chi connectivity index (χ4v) is 3.83. The van der Waals surface area contributed by atoms with Crippen LogP contribution in [0.25, 0.3) is 0 Å². The van der Waals surface area contributed by atoms with E-state index in [-0.39, 0.29) is 6.61 Å². The average Bonchev–Trinajstić information content (AvgIpc) is 2.38. The van der Waals surface area contributed by atoms with Crippen LogP contribution in [0.3, 0.4) is 0 Å². The smallest absolute Gasteiger partial charge is 0.281 e. The molecule has 0 bridgehead atoms. The molecule has 5 nitrogen and oxygen atoms in total. The number of hydrogen-bond donors (Lipinski definition) is 1. The molecule has 112 valence electrons. The van der Waals surface area contributed by atoms with Gasteiger partial charge in [0, 0.05) is 13.1 Å². The van der Waals surface area contributed by atoms with Crippen LogP contribution in [0, 0.1) is 11.8 Å². The zero-order valence-corrected chi connectivity index (χ0v) is 12.8. The molecule has 0 amide bonds. The summed E-state index contributed by atoms with van der Waals surface area (Å²) in [6.45, 7) is 5.47. The van der Waals surface area contributed by atoms with Crippen molar-refractivity contribution in [3.05, 3.63) is 35.9 Å². The molecular weight excluding hydrogens is 276 g/mol. The largest absolute Gasteiger partial charge is 0.301 e. The summed E-state index contributed by atoms with van der Waals surface area (Å²) in [7, 11) is -3.56. The second-order valence-electron chi connectivity index (χ2n) is 5.63. The summed E-state index contributed by atoms with van der Waals surface area (Å²) >= 11 is 0. The normalized spacial score (nSPS) is 24.7. The van der Waals surface area contributed by atoms with Gasteiger partial charge < -0.3 is 0 Å². The molecule has 20 heavy (non-hydrogen) atoms. The zero-order chi connectivity index (χ0) is 14.6. The summed E-state index contributed by atoms with van der Waals surface area (Å²) in [5, 5.41) is 0. The fraction of sp³-hybridized carbons (Fsp3) is 0.571. The molecule has 1 N–H and O–H groups in total. The summed E-state index contributed by atoms with van der Waals surface area (Å²) in [6.07, 6.45) is 1.07. The lowest BCUT2D eigenvalue weighted by Gasteiger charge is -2.33. The Labute approximate surface area is 121 Å². The molecule has 1 aromatic carbocycles. The Morgan fingerprint density at radius 2 is 1.80 bits per heavy atom. The third-order valence-corrected chi connectivity index (χ3v) is 4.73. The number of rotatable bonds is 5. The third kappa shape index (κ3) is 4.28. The van der Waals surface area contributed by atoms with Crippen molar-refractivity contribution in [2.75, 3.05) is 13.1 Å². The van der Waals surface area contributed by atoms with Crippen LogP contribution in [0.1, 0.15) is 25.8 Å². The van der Waals surface area contributed by atoms with Gasteiger partial charge >= 0.3 is 10.2 Å². The Morgan fingerprint density at radius 1 is 1.20 bits per heavy atom. The minimum absolute atomic E-state index is 0.221. The molecule has 2 rings (SSSR count). The Balaban J connectivity index is 1.87. The first kappa shape index (κ1) is 15.4. The average molecular weight is 298 g/mol. The Hall–Kier alpha value is -0.950. The highest BCUT2D eigenvalue weighted by molar-refractivity contribution is 7.87. The van der Waals surface area contributed by atoms with E-state index < -0.39 is 10.2 Å². The lowest BCUT2D eigenvalue weighted by atomic mass is 9.94. The van der Waals surface area contributed by atoms with E-state index in [0.717, 1.165) is 12.0 Å². The van der Waals surface area contributed by atoms with Gasteiger partial charge in [0.05, 0.1) is 6.61 Å².